The number of alkyl halides is 3. The Morgan fingerprint density at radius 2 is 2.19 bits per heavy atom. The van der Waals surface area contributed by atoms with Crippen LogP contribution in [0.4, 0.5) is 13.2 Å². The normalized spacial score (nSPS) is 18.8. The molecule has 2 N–H and O–H groups in total. The van der Waals surface area contributed by atoms with Crippen LogP contribution >= 0.6 is 15.9 Å². The number of hydrogen-bond donors (Lipinski definition) is 2. The first-order chi connectivity index (χ1) is 9.88. The summed E-state index contributed by atoms with van der Waals surface area (Å²) in [6.07, 6.45) is -1.50. The van der Waals surface area contributed by atoms with Gasteiger partial charge in [0.25, 0.3) is 5.91 Å². The van der Waals surface area contributed by atoms with E-state index in [0.717, 1.165) is 31.9 Å². The lowest BCUT2D eigenvalue weighted by Crippen LogP contribution is -2.30. The van der Waals surface area contributed by atoms with Gasteiger partial charge in [0.15, 0.2) is 0 Å². The van der Waals surface area contributed by atoms with Gasteiger partial charge in [0.05, 0.1) is 5.56 Å². The quantitative estimate of drug-likeness (QED) is 0.860. The average Bonchev–Trinajstić information content (AvgIpc) is 2.91. The number of benzene rings is 1. The number of rotatable bonds is 4. The summed E-state index contributed by atoms with van der Waals surface area (Å²) in [4.78, 5) is 11.9. The molecule has 1 unspecified atom stereocenters. The summed E-state index contributed by atoms with van der Waals surface area (Å²) in [5.74, 6) is -0.481. The van der Waals surface area contributed by atoms with Crippen molar-refractivity contribution in [1.82, 2.24) is 10.6 Å². The molecule has 0 aromatic heterocycles. The lowest BCUT2D eigenvalue weighted by molar-refractivity contribution is -0.138. The zero-order chi connectivity index (χ0) is 15.5. The molecule has 2 rings (SSSR count). The molecule has 1 aliphatic heterocycles. The molecule has 0 spiro atoms. The molecule has 7 heteroatoms. The fourth-order valence-electron chi connectivity index (χ4n) is 2.35. The first kappa shape index (κ1) is 16.3. The van der Waals surface area contributed by atoms with Gasteiger partial charge in [-0.2, -0.15) is 13.2 Å². The lowest BCUT2D eigenvalue weighted by Gasteiger charge is -2.13. The highest BCUT2D eigenvalue weighted by molar-refractivity contribution is 9.10. The summed E-state index contributed by atoms with van der Waals surface area (Å²) in [5.41, 5.74) is -0.822. The Labute approximate surface area is 129 Å². The number of hydrogen-bond acceptors (Lipinski definition) is 2. The molecule has 1 aromatic carbocycles. The second-order valence-corrected chi connectivity index (χ2v) is 5.88. The average molecular weight is 365 g/mol. The Balaban J connectivity index is 1.95. The number of nitrogens with one attached hydrogen (secondary N) is 2. The summed E-state index contributed by atoms with van der Waals surface area (Å²) < 4.78 is 38.3. The topological polar surface area (TPSA) is 41.1 Å². The van der Waals surface area contributed by atoms with Gasteiger partial charge in [-0.15, -0.1) is 0 Å². The van der Waals surface area contributed by atoms with Crippen LogP contribution in [0.25, 0.3) is 0 Å². The smallest absolute Gasteiger partial charge is 0.352 e. The van der Waals surface area contributed by atoms with Gasteiger partial charge in [-0.05, 0) is 44.0 Å². The minimum absolute atomic E-state index is 0.0184. The van der Waals surface area contributed by atoms with Gasteiger partial charge >= 0.3 is 6.18 Å². The Hall–Kier alpha value is -1.08. The number of amides is 1. The molecule has 1 aromatic rings. The van der Waals surface area contributed by atoms with Gasteiger partial charge in [-0.3, -0.25) is 4.79 Å². The van der Waals surface area contributed by atoms with Crippen LogP contribution in [0, 0.1) is 0 Å². The van der Waals surface area contributed by atoms with Gasteiger partial charge in [0, 0.05) is 22.6 Å². The van der Waals surface area contributed by atoms with Crippen molar-refractivity contribution >= 4 is 21.8 Å². The van der Waals surface area contributed by atoms with Gasteiger partial charge in [0.1, 0.15) is 0 Å². The maximum Gasteiger partial charge on any atom is 0.417 e. The van der Waals surface area contributed by atoms with Crippen molar-refractivity contribution in [2.75, 3.05) is 13.1 Å². The van der Waals surface area contributed by atoms with Crippen LogP contribution in [0.5, 0.6) is 0 Å². The second-order valence-electron chi connectivity index (χ2n) is 5.03. The maximum absolute atomic E-state index is 12.8. The van der Waals surface area contributed by atoms with Gasteiger partial charge in [-0.25, -0.2) is 0 Å². The molecule has 1 amide bonds. The molecule has 1 atom stereocenters. The predicted molar refractivity (Wildman–Crippen MR) is 77.1 cm³/mol. The minimum atomic E-state index is -4.48. The zero-order valence-electron chi connectivity index (χ0n) is 11.3. The van der Waals surface area contributed by atoms with E-state index in [1.165, 1.54) is 12.1 Å². The van der Waals surface area contributed by atoms with Crippen molar-refractivity contribution in [1.29, 1.82) is 0 Å². The van der Waals surface area contributed by atoms with E-state index < -0.39 is 17.6 Å². The molecule has 0 aliphatic carbocycles. The summed E-state index contributed by atoms with van der Waals surface area (Å²) in [5, 5.41) is 5.96. The molecule has 3 nitrogen and oxygen atoms in total. The molecular formula is C14H16BrF3N2O. The fraction of sp³-hybridized carbons (Fsp3) is 0.500. The number of halogens is 4. The SMILES string of the molecule is O=C(NCCC1CCCN1)c1ccc(Br)c(C(F)(F)F)c1. The molecule has 1 saturated heterocycles. The Kier molecular flexibility index (Phi) is 5.27. The van der Waals surface area contributed by atoms with Crippen molar-refractivity contribution < 1.29 is 18.0 Å². The zero-order valence-corrected chi connectivity index (χ0v) is 12.9. The Morgan fingerprint density at radius 1 is 1.43 bits per heavy atom. The van der Waals surface area contributed by atoms with E-state index in [1.54, 1.807) is 0 Å². The van der Waals surface area contributed by atoms with Crippen LogP contribution in [-0.4, -0.2) is 25.0 Å². The third kappa shape index (κ3) is 4.44. The summed E-state index contributed by atoms with van der Waals surface area (Å²) in [7, 11) is 0. The van der Waals surface area contributed by atoms with Crippen LogP contribution in [-0.2, 0) is 6.18 Å². The van der Waals surface area contributed by atoms with Crippen LogP contribution in [0.3, 0.4) is 0 Å². The van der Waals surface area contributed by atoms with Crippen molar-refractivity contribution in [3.05, 3.63) is 33.8 Å². The predicted octanol–water partition coefficient (Wildman–Crippen LogP) is 3.34. The standard InChI is InChI=1S/C14H16BrF3N2O/c15-12-4-3-9(8-11(12)14(16,17)18)13(21)20-7-5-10-2-1-6-19-10/h3-4,8,10,19H,1-2,5-7H2,(H,20,21). The summed E-state index contributed by atoms with van der Waals surface area (Å²) >= 11 is 2.85. The van der Waals surface area contributed by atoms with E-state index >= 15 is 0 Å². The van der Waals surface area contributed by atoms with Gasteiger partial charge in [0.2, 0.25) is 0 Å². The van der Waals surface area contributed by atoms with Gasteiger partial charge in [-0.1, -0.05) is 15.9 Å². The van der Waals surface area contributed by atoms with Crippen LogP contribution in [0.15, 0.2) is 22.7 Å². The Morgan fingerprint density at radius 3 is 2.81 bits per heavy atom. The van der Waals surface area contributed by atoms with E-state index in [2.05, 4.69) is 26.6 Å². The van der Waals surface area contributed by atoms with E-state index in [1.807, 2.05) is 0 Å². The van der Waals surface area contributed by atoms with E-state index in [0.29, 0.717) is 12.6 Å². The first-order valence-corrected chi connectivity index (χ1v) is 7.55. The molecule has 116 valence electrons. The molecule has 1 aliphatic rings. The largest absolute Gasteiger partial charge is 0.417 e. The third-order valence-corrected chi connectivity index (χ3v) is 4.17. The maximum atomic E-state index is 12.8. The monoisotopic (exact) mass is 364 g/mol. The van der Waals surface area contributed by atoms with Crippen LogP contribution in [0.2, 0.25) is 0 Å². The summed E-state index contributed by atoms with van der Waals surface area (Å²) in [6.45, 7) is 1.44. The lowest BCUT2D eigenvalue weighted by atomic mass is 10.1. The molecule has 1 heterocycles. The number of carbonyl (C=O) groups excluding carboxylic acids is 1. The molecule has 0 radical (unpaired) electrons. The molecule has 0 bridgehead atoms. The van der Waals surface area contributed by atoms with Gasteiger partial charge < -0.3 is 10.6 Å². The summed E-state index contributed by atoms with van der Waals surface area (Å²) in [6, 6.07) is 3.88. The van der Waals surface area contributed by atoms with Crippen molar-refractivity contribution in [3.8, 4) is 0 Å². The Bertz CT molecular complexity index is 513. The van der Waals surface area contributed by atoms with E-state index in [4.69, 9.17) is 0 Å². The van der Waals surface area contributed by atoms with Crippen LogP contribution < -0.4 is 10.6 Å². The third-order valence-electron chi connectivity index (χ3n) is 3.47. The number of carbonyl (C=O) groups is 1. The van der Waals surface area contributed by atoms with E-state index in [-0.39, 0.29) is 10.0 Å². The van der Waals surface area contributed by atoms with Crippen LogP contribution in [0.1, 0.15) is 35.2 Å². The second kappa shape index (κ2) is 6.79. The minimum Gasteiger partial charge on any atom is -0.352 e. The molecule has 1 fully saturated rings. The highest BCUT2D eigenvalue weighted by Crippen LogP contribution is 2.35. The molecule has 0 saturated carbocycles. The highest BCUT2D eigenvalue weighted by atomic mass is 79.9. The first-order valence-electron chi connectivity index (χ1n) is 6.76. The van der Waals surface area contributed by atoms with Crippen molar-refractivity contribution in [2.45, 2.75) is 31.5 Å². The molecular weight excluding hydrogens is 349 g/mol. The highest BCUT2D eigenvalue weighted by Gasteiger charge is 2.33. The van der Waals surface area contributed by atoms with Crippen molar-refractivity contribution in [2.24, 2.45) is 0 Å². The van der Waals surface area contributed by atoms with E-state index in [9.17, 15) is 18.0 Å². The fourth-order valence-corrected chi connectivity index (χ4v) is 2.82. The molecule has 21 heavy (non-hydrogen) atoms. The van der Waals surface area contributed by atoms with Crippen molar-refractivity contribution in [3.63, 3.8) is 0 Å².